The molecular weight excluding hydrogens is 458 g/mol. The van der Waals surface area contributed by atoms with Crippen LogP contribution >= 0.6 is 0 Å². The zero-order valence-electron chi connectivity index (χ0n) is 20.9. The number of nitrogens with one attached hydrogen (secondary N) is 2. The van der Waals surface area contributed by atoms with Crippen molar-refractivity contribution >= 4 is 17.5 Å². The van der Waals surface area contributed by atoms with Crippen molar-refractivity contribution in [1.82, 2.24) is 10.2 Å². The summed E-state index contributed by atoms with van der Waals surface area (Å²) in [7, 11) is 0. The molecule has 0 fully saturated rings. The summed E-state index contributed by atoms with van der Waals surface area (Å²) in [6.45, 7) is 2.72. The number of anilines is 1. The average molecular weight is 490 g/mol. The Balaban J connectivity index is 1.37. The Morgan fingerprint density at radius 2 is 1.57 bits per heavy atom. The van der Waals surface area contributed by atoms with E-state index < -0.39 is 0 Å². The topological polar surface area (TPSA) is 61.4 Å². The summed E-state index contributed by atoms with van der Waals surface area (Å²) < 4.78 is 0. The Labute approximate surface area is 218 Å². The quantitative estimate of drug-likeness (QED) is 0.287. The van der Waals surface area contributed by atoms with Gasteiger partial charge in [-0.05, 0) is 48.2 Å². The Morgan fingerprint density at radius 1 is 0.865 bits per heavy atom. The highest BCUT2D eigenvalue weighted by Crippen LogP contribution is 2.34. The largest absolute Gasteiger partial charge is 0.361 e. The maximum Gasteiger partial charge on any atom is 0.256 e. The van der Waals surface area contributed by atoms with Crippen molar-refractivity contribution in [2.24, 2.45) is 0 Å². The molecule has 2 amide bonds. The van der Waals surface area contributed by atoms with Gasteiger partial charge in [0.1, 0.15) is 6.17 Å². The number of benzene rings is 4. The number of carbonyl (C=O) groups is 2. The first-order valence-electron chi connectivity index (χ1n) is 12.8. The first-order chi connectivity index (χ1) is 18.1. The van der Waals surface area contributed by atoms with Gasteiger partial charge in [0.15, 0.2) is 0 Å². The van der Waals surface area contributed by atoms with E-state index in [-0.39, 0.29) is 24.0 Å². The summed E-state index contributed by atoms with van der Waals surface area (Å²) in [5.74, 6) is -0.0998. The molecule has 0 aliphatic carbocycles. The van der Waals surface area contributed by atoms with Crippen molar-refractivity contribution in [3.63, 3.8) is 0 Å². The standard InChI is InChI=1S/C32H31N3O2/c1-2-20-35-30(27-18-9-10-19-28(27)32(35)37)33-26-17-11-16-25(22-26)31(36)34-29(24-14-7-4-8-15-24)21-23-12-5-3-6-13-23/h3-19,22,29-30,33H,2,20-21H2,1H3,(H,34,36). The van der Waals surface area contributed by atoms with Gasteiger partial charge >= 0.3 is 0 Å². The number of nitrogens with zero attached hydrogens (tertiary/aromatic N) is 1. The lowest BCUT2D eigenvalue weighted by molar-refractivity contribution is 0.0742. The monoisotopic (exact) mass is 489 g/mol. The van der Waals surface area contributed by atoms with Gasteiger partial charge in [-0.1, -0.05) is 91.9 Å². The summed E-state index contributed by atoms with van der Waals surface area (Å²) in [4.78, 5) is 28.3. The van der Waals surface area contributed by atoms with E-state index in [0.717, 1.165) is 34.4 Å². The van der Waals surface area contributed by atoms with Crippen LogP contribution in [0.1, 0.15) is 63.0 Å². The molecule has 5 rings (SSSR count). The molecule has 4 aromatic rings. The smallest absolute Gasteiger partial charge is 0.256 e. The number of amides is 2. The Bertz CT molecular complexity index is 1370. The molecule has 37 heavy (non-hydrogen) atoms. The van der Waals surface area contributed by atoms with Crippen LogP contribution in [-0.2, 0) is 6.42 Å². The van der Waals surface area contributed by atoms with E-state index in [0.29, 0.717) is 18.5 Å². The Hall–Kier alpha value is -4.38. The van der Waals surface area contributed by atoms with Gasteiger partial charge in [-0.3, -0.25) is 9.59 Å². The van der Waals surface area contributed by atoms with E-state index in [1.54, 1.807) is 0 Å². The van der Waals surface area contributed by atoms with Crippen LogP contribution in [0, 0.1) is 0 Å². The first kappa shape index (κ1) is 24.3. The second kappa shape index (κ2) is 11.1. The highest BCUT2D eigenvalue weighted by atomic mass is 16.2. The van der Waals surface area contributed by atoms with Crippen molar-refractivity contribution in [3.05, 3.63) is 137 Å². The highest BCUT2D eigenvalue weighted by molar-refractivity contribution is 5.99. The van der Waals surface area contributed by atoms with E-state index in [9.17, 15) is 9.59 Å². The van der Waals surface area contributed by atoms with Crippen LogP contribution in [-0.4, -0.2) is 23.3 Å². The fourth-order valence-corrected chi connectivity index (χ4v) is 4.93. The molecule has 5 heteroatoms. The maximum absolute atomic E-state index is 13.4. The number of fused-ring (bicyclic) bond motifs is 1. The fraction of sp³-hybridized carbons (Fsp3) is 0.188. The van der Waals surface area contributed by atoms with Crippen molar-refractivity contribution in [3.8, 4) is 0 Å². The Kier molecular flexibility index (Phi) is 7.31. The minimum atomic E-state index is -0.267. The molecule has 1 heterocycles. The molecule has 0 saturated heterocycles. The minimum Gasteiger partial charge on any atom is -0.361 e. The van der Waals surface area contributed by atoms with Crippen LogP contribution < -0.4 is 10.6 Å². The fourth-order valence-electron chi connectivity index (χ4n) is 4.93. The lowest BCUT2D eigenvalue weighted by Gasteiger charge is -2.27. The molecule has 5 nitrogen and oxygen atoms in total. The molecule has 0 saturated carbocycles. The van der Waals surface area contributed by atoms with Crippen LogP contribution in [0.5, 0.6) is 0 Å². The number of carbonyl (C=O) groups excluding carboxylic acids is 2. The molecule has 1 aliphatic heterocycles. The summed E-state index contributed by atoms with van der Waals surface area (Å²) in [5.41, 5.74) is 5.27. The third-order valence-electron chi connectivity index (χ3n) is 6.74. The van der Waals surface area contributed by atoms with Crippen molar-refractivity contribution in [2.75, 3.05) is 11.9 Å². The first-order valence-corrected chi connectivity index (χ1v) is 12.8. The van der Waals surface area contributed by atoms with Gasteiger partial charge in [0.25, 0.3) is 11.8 Å². The van der Waals surface area contributed by atoms with E-state index in [1.807, 2.05) is 102 Å². The zero-order valence-corrected chi connectivity index (χ0v) is 20.9. The summed E-state index contributed by atoms with van der Waals surface area (Å²) in [6, 6.07) is 35.3. The second-order valence-electron chi connectivity index (χ2n) is 9.34. The van der Waals surface area contributed by atoms with E-state index >= 15 is 0 Å². The number of hydrogen-bond acceptors (Lipinski definition) is 3. The van der Waals surface area contributed by atoms with Gasteiger partial charge in [-0.2, -0.15) is 0 Å². The van der Waals surface area contributed by atoms with Gasteiger partial charge in [0.2, 0.25) is 0 Å². The zero-order chi connectivity index (χ0) is 25.6. The van der Waals surface area contributed by atoms with Crippen LogP contribution in [0.15, 0.2) is 109 Å². The van der Waals surface area contributed by atoms with Crippen molar-refractivity contribution < 1.29 is 9.59 Å². The van der Waals surface area contributed by atoms with Crippen molar-refractivity contribution in [2.45, 2.75) is 32.0 Å². The lowest BCUT2D eigenvalue weighted by Crippen LogP contribution is -2.33. The van der Waals surface area contributed by atoms with Crippen LogP contribution in [0.2, 0.25) is 0 Å². The highest BCUT2D eigenvalue weighted by Gasteiger charge is 2.35. The molecule has 2 unspecified atom stereocenters. The molecule has 2 N–H and O–H groups in total. The van der Waals surface area contributed by atoms with Gasteiger partial charge in [0, 0.05) is 28.9 Å². The summed E-state index contributed by atoms with van der Waals surface area (Å²) >= 11 is 0. The van der Waals surface area contributed by atoms with Crippen molar-refractivity contribution in [1.29, 1.82) is 0 Å². The van der Waals surface area contributed by atoms with Crippen LogP contribution in [0.3, 0.4) is 0 Å². The molecule has 0 bridgehead atoms. The second-order valence-corrected chi connectivity index (χ2v) is 9.34. The third kappa shape index (κ3) is 5.41. The average Bonchev–Trinajstić information content (AvgIpc) is 3.20. The molecule has 0 aromatic heterocycles. The van der Waals surface area contributed by atoms with Gasteiger partial charge in [-0.25, -0.2) is 0 Å². The van der Waals surface area contributed by atoms with Gasteiger partial charge in [0.05, 0.1) is 6.04 Å². The van der Waals surface area contributed by atoms with Gasteiger partial charge in [-0.15, -0.1) is 0 Å². The molecule has 0 radical (unpaired) electrons. The predicted octanol–water partition coefficient (Wildman–Crippen LogP) is 6.38. The molecule has 1 aliphatic rings. The molecule has 4 aromatic carbocycles. The molecule has 2 atom stereocenters. The molecular formula is C32H31N3O2. The molecule has 0 spiro atoms. The van der Waals surface area contributed by atoms with E-state index in [2.05, 4.69) is 29.7 Å². The lowest BCUT2D eigenvalue weighted by atomic mass is 9.98. The summed E-state index contributed by atoms with van der Waals surface area (Å²) in [5, 5.41) is 6.75. The molecule has 186 valence electrons. The maximum atomic E-state index is 13.4. The normalized spacial score (nSPS) is 15.2. The van der Waals surface area contributed by atoms with E-state index in [4.69, 9.17) is 0 Å². The van der Waals surface area contributed by atoms with E-state index in [1.165, 1.54) is 0 Å². The van der Waals surface area contributed by atoms with Crippen LogP contribution in [0.4, 0.5) is 5.69 Å². The Morgan fingerprint density at radius 3 is 2.32 bits per heavy atom. The SMILES string of the molecule is CCCN1C(=O)c2ccccc2C1Nc1cccc(C(=O)NC(Cc2ccccc2)c2ccccc2)c1. The minimum absolute atomic E-state index is 0.0375. The summed E-state index contributed by atoms with van der Waals surface area (Å²) in [6.07, 6.45) is 1.29. The van der Waals surface area contributed by atoms with Gasteiger partial charge < -0.3 is 15.5 Å². The predicted molar refractivity (Wildman–Crippen MR) is 147 cm³/mol. The third-order valence-corrected chi connectivity index (χ3v) is 6.74. The van der Waals surface area contributed by atoms with Crippen LogP contribution in [0.25, 0.3) is 0 Å². The number of rotatable bonds is 9. The number of hydrogen-bond donors (Lipinski definition) is 2.